The average molecular weight is 660 g/mol. The topological polar surface area (TPSA) is 65.6 Å². The van der Waals surface area contributed by atoms with Gasteiger partial charge in [-0.05, 0) is 90.2 Å². The molecule has 2 amide bonds. The van der Waals surface area contributed by atoms with Crippen LogP contribution in [0.5, 0.6) is 0 Å². The predicted molar refractivity (Wildman–Crippen MR) is 176 cm³/mol. The number of alkyl halides is 3. The van der Waals surface area contributed by atoms with E-state index >= 15 is 0 Å². The fourth-order valence-corrected chi connectivity index (χ4v) is 8.02. The second-order valence-electron chi connectivity index (χ2n) is 14.6. The summed E-state index contributed by atoms with van der Waals surface area (Å²) in [6, 6.07) is 6.97. The molecule has 252 valence electrons. The van der Waals surface area contributed by atoms with Crippen molar-refractivity contribution in [3.05, 3.63) is 89.0 Å². The predicted octanol–water partition coefficient (Wildman–Crippen LogP) is 6.03. The highest BCUT2D eigenvalue weighted by atomic mass is 19.4. The van der Waals surface area contributed by atoms with Gasteiger partial charge in [-0.25, -0.2) is 4.57 Å². The number of carbonyl (C=O) groups is 2. The van der Waals surface area contributed by atoms with Crippen molar-refractivity contribution >= 4 is 23.1 Å². The standard InChI is InChI=1S/C37H42F3N6O2/c1-6-33(47)44-10-8-36(20-44)7-9-43(19-36)17-25-13-29-30(31(14-25)37(38,39)40)18-45(35(29)48)32-16-26(23(2)3)15-28(27-11-24(4)12-27)34(32)46-22-42(5)21-41-46/h6,11,13-16,21-24H,1,7-10,12,17-20H2,2-5H3/q+1/t24-,36-/m0/s1. The van der Waals surface area contributed by atoms with Crippen LogP contribution in [0.1, 0.15) is 84.1 Å². The molecule has 0 bridgehead atoms. The third-order valence-corrected chi connectivity index (χ3v) is 10.6. The normalized spacial score (nSPS) is 22.5. The maximum Gasteiger partial charge on any atom is 0.416 e. The van der Waals surface area contributed by atoms with E-state index in [2.05, 4.69) is 49.5 Å². The third kappa shape index (κ3) is 5.65. The van der Waals surface area contributed by atoms with Crippen LogP contribution < -0.4 is 9.47 Å². The second kappa shape index (κ2) is 11.7. The highest BCUT2D eigenvalue weighted by molar-refractivity contribution is 6.12. The fourth-order valence-electron chi connectivity index (χ4n) is 8.02. The van der Waals surface area contributed by atoms with Gasteiger partial charge in [0.2, 0.25) is 12.2 Å². The van der Waals surface area contributed by atoms with Crippen molar-refractivity contribution in [1.82, 2.24) is 19.6 Å². The lowest BCUT2D eigenvalue weighted by atomic mass is 9.81. The van der Waals surface area contributed by atoms with Gasteiger partial charge in [-0.2, -0.15) is 13.2 Å². The number of hydrogen-bond acceptors (Lipinski definition) is 4. The number of aryl methyl sites for hydroxylation is 1. The molecule has 0 unspecified atom stereocenters. The molecular weight excluding hydrogens is 617 g/mol. The van der Waals surface area contributed by atoms with Crippen LogP contribution in [0.4, 0.5) is 18.9 Å². The number of fused-ring (bicyclic) bond motifs is 1. The minimum absolute atomic E-state index is 0.00784. The smallest absolute Gasteiger partial charge is 0.339 e. The zero-order valence-electron chi connectivity index (χ0n) is 28.0. The number of nitrogens with zero attached hydrogens (tertiary/aromatic N) is 6. The Morgan fingerprint density at radius 3 is 2.54 bits per heavy atom. The molecule has 2 saturated heterocycles. The molecule has 0 radical (unpaired) electrons. The number of likely N-dealkylation sites (tertiary alicyclic amines) is 2. The molecule has 2 atom stereocenters. The van der Waals surface area contributed by atoms with Gasteiger partial charge in [0.15, 0.2) is 5.69 Å². The lowest BCUT2D eigenvalue weighted by Crippen LogP contribution is -2.33. The number of benzene rings is 2. The van der Waals surface area contributed by atoms with Crippen LogP contribution in [0, 0.1) is 11.3 Å². The molecule has 3 aliphatic heterocycles. The molecule has 3 aromatic rings. The molecule has 0 N–H and O–H groups in total. The van der Waals surface area contributed by atoms with E-state index in [9.17, 15) is 22.8 Å². The first-order valence-corrected chi connectivity index (χ1v) is 16.7. The number of hydrogen-bond donors (Lipinski definition) is 0. The van der Waals surface area contributed by atoms with Crippen molar-refractivity contribution in [1.29, 1.82) is 0 Å². The van der Waals surface area contributed by atoms with Crippen LogP contribution in [0.2, 0.25) is 0 Å². The second-order valence-corrected chi connectivity index (χ2v) is 14.6. The van der Waals surface area contributed by atoms with E-state index in [1.165, 1.54) is 17.0 Å². The fraction of sp³-hybridized carbons (Fsp3) is 0.459. The van der Waals surface area contributed by atoms with Crippen LogP contribution in [-0.2, 0) is 31.1 Å². The summed E-state index contributed by atoms with van der Waals surface area (Å²) in [5, 5.41) is 4.57. The molecule has 1 aliphatic carbocycles. The summed E-state index contributed by atoms with van der Waals surface area (Å²) in [6.07, 6.45) is 4.99. The lowest BCUT2D eigenvalue weighted by Gasteiger charge is -2.27. The number of allylic oxidation sites excluding steroid dienone is 2. The number of aromatic nitrogens is 3. The van der Waals surface area contributed by atoms with E-state index < -0.39 is 17.6 Å². The first-order chi connectivity index (χ1) is 22.7. The number of carbonyl (C=O) groups excluding carboxylic acids is 2. The Balaban J connectivity index is 1.26. The van der Waals surface area contributed by atoms with Gasteiger partial charge in [0.25, 0.3) is 12.2 Å². The molecule has 7 rings (SSSR count). The van der Waals surface area contributed by atoms with Crippen LogP contribution in [-0.4, -0.2) is 57.6 Å². The quantitative estimate of drug-likeness (QED) is 0.230. The molecule has 1 aromatic heterocycles. The Morgan fingerprint density at radius 1 is 1.15 bits per heavy atom. The minimum Gasteiger partial charge on any atom is -0.339 e. The minimum atomic E-state index is -4.63. The van der Waals surface area contributed by atoms with Gasteiger partial charge in [-0.1, -0.05) is 38.1 Å². The van der Waals surface area contributed by atoms with Crippen molar-refractivity contribution in [2.24, 2.45) is 18.4 Å². The molecular formula is C37H42F3N6O2+. The zero-order chi connectivity index (χ0) is 34.1. The molecule has 1 spiro atoms. The van der Waals surface area contributed by atoms with Crippen molar-refractivity contribution in [3.63, 3.8) is 0 Å². The number of anilines is 1. The SMILES string of the molecule is C=CC(=O)N1CC[C@]2(CCN(Cc3cc4c(c(C(F)(F)F)c3)CN(c3cc(C(C)C)cc(C5=C[C@H](C)C5)c3-n3c[n+](C)cn3)C4=O)C2)C1. The summed E-state index contributed by atoms with van der Waals surface area (Å²) in [7, 11) is 1.86. The van der Waals surface area contributed by atoms with Crippen molar-refractivity contribution in [3.8, 4) is 5.69 Å². The van der Waals surface area contributed by atoms with Gasteiger partial charge in [-0.3, -0.25) is 14.5 Å². The number of amides is 2. The van der Waals surface area contributed by atoms with Gasteiger partial charge in [0.1, 0.15) is 0 Å². The highest BCUT2D eigenvalue weighted by Crippen LogP contribution is 2.46. The molecule has 48 heavy (non-hydrogen) atoms. The maximum atomic E-state index is 14.7. The van der Waals surface area contributed by atoms with Gasteiger partial charge >= 0.3 is 6.18 Å². The highest BCUT2D eigenvalue weighted by Gasteiger charge is 2.45. The summed E-state index contributed by atoms with van der Waals surface area (Å²) in [5.41, 5.74) is 4.09. The van der Waals surface area contributed by atoms with Crippen LogP contribution >= 0.6 is 0 Å². The van der Waals surface area contributed by atoms with Crippen LogP contribution in [0.3, 0.4) is 0 Å². The Morgan fingerprint density at radius 2 is 1.90 bits per heavy atom. The van der Waals surface area contributed by atoms with Gasteiger partial charge in [0, 0.05) is 47.8 Å². The molecule has 0 saturated carbocycles. The third-order valence-electron chi connectivity index (χ3n) is 10.6. The average Bonchev–Trinajstić information content (AvgIpc) is 3.81. The summed E-state index contributed by atoms with van der Waals surface area (Å²) >= 11 is 0. The molecule has 11 heteroatoms. The molecule has 4 aliphatic rings. The first kappa shape index (κ1) is 32.3. The maximum absolute atomic E-state index is 14.7. The van der Waals surface area contributed by atoms with E-state index in [0.717, 1.165) is 42.5 Å². The van der Waals surface area contributed by atoms with Crippen molar-refractivity contribution in [2.45, 2.75) is 65.2 Å². The zero-order valence-corrected chi connectivity index (χ0v) is 28.0. The monoisotopic (exact) mass is 659 g/mol. The largest absolute Gasteiger partial charge is 0.416 e. The Kier molecular flexibility index (Phi) is 7.89. The van der Waals surface area contributed by atoms with E-state index in [1.807, 2.05) is 19.4 Å². The van der Waals surface area contributed by atoms with Gasteiger partial charge in [0.05, 0.1) is 24.8 Å². The summed E-state index contributed by atoms with van der Waals surface area (Å²) < 4.78 is 47.8. The van der Waals surface area contributed by atoms with Crippen LogP contribution in [0.15, 0.2) is 55.7 Å². The van der Waals surface area contributed by atoms with Crippen LogP contribution in [0.25, 0.3) is 11.3 Å². The molecule has 8 nitrogen and oxygen atoms in total. The number of rotatable bonds is 7. The van der Waals surface area contributed by atoms with E-state index in [4.69, 9.17) is 0 Å². The summed E-state index contributed by atoms with van der Waals surface area (Å²) in [5.74, 6) is 0.0268. The Bertz CT molecular complexity index is 1860. The van der Waals surface area contributed by atoms with E-state index in [-0.39, 0.29) is 34.9 Å². The van der Waals surface area contributed by atoms with E-state index in [1.54, 1.807) is 26.5 Å². The van der Waals surface area contributed by atoms with E-state index in [0.29, 0.717) is 49.0 Å². The van der Waals surface area contributed by atoms with Gasteiger partial charge in [-0.15, -0.1) is 0 Å². The molecule has 2 aromatic carbocycles. The first-order valence-electron chi connectivity index (χ1n) is 16.7. The summed E-state index contributed by atoms with van der Waals surface area (Å²) in [4.78, 5) is 32.0. The van der Waals surface area contributed by atoms with Crippen molar-refractivity contribution in [2.75, 3.05) is 31.1 Å². The van der Waals surface area contributed by atoms with Crippen molar-refractivity contribution < 1.29 is 27.3 Å². The molecule has 4 heterocycles. The van der Waals surface area contributed by atoms with Gasteiger partial charge < -0.3 is 9.80 Å². The Hall–Kier alpha value is -4.25. The molecule has 2 fully saturated rings. The lowest BCUT2D eigenvalue weighted by molar-refractivity contribution is -0.672. The summed E-state index contributed by atoms with van der Waals surface area (Å²) in [6.45, 7) is 12.7. The number of halogens is 3. The Labute approximate surface area is 279 Å².